The largest absolute Gasteiger partial charge is 0.497 e. The van der Waals surface area contributed by atoms with E-state index in [0.717, 1.165) is 11.1 Å². The third-order valence-corrected chi connectivity index (χ3v) is 7.32. The van der Waals surface area contributed by atoms with Gasteiger partial charge in [-0.15, -0.1) is 0 Å². The first-order valence-electron chi connectivity index (χ1n) is 10.8. The van der Waals surface area contributed by atoms with Crippen molar-refractivity contribution in [3.8, 4) is 11.4 Å². The molecule has 0 atom stereocenters. The number of rotatable bonds is 6. The molecule has 0 spiro atoms. The lowest BCUT2D eigenvalue weighted by Gasteiger charge is -2.19. The summed E-state index contributed by atoms with van der Waals surface area (Å²) in [4.78, 5) is 13.7. The highest BCUT2D eigenvalue weighted by Crippen LogP contribution is 2.35. The summed E-state index contributed by atoms with van der Waals surface area (Å²) in [6.07, 6.45) is 0. The zero-order valence-corrected chi connectivity index (χ0v) is 19.3. The molecule has 34 heavy (non-hydrogen) atoms. The average Bonchev–Trinajstić information content (AvgIpc) is 3.33. The Morgan fingerprint density at radius 2 is 1.50 bits per heavy atom. The van der Waals surface area contributed by atoms with Crippen LogP contribution in [0.15, 0.2) is 84.9 Å². The second-order valence-corrected chi connectivity index (χ2v) is 10.2. The van der Waals surface area contributed by atoms with E-state index in [0.29, 0.717) is 28.5 Å². The molecule has 2 heterocycles. The standard InChI is InChI=1S/C26H23N3O4S/c1-33-21-14-12-20(13-15-21)29-25(22-16-34(31,32)17-23(22)28-29)27-26(30)24(18-8-4-2-5-9-18)19-10-6-3-7-11-19/h2-15,24H,16-17H2,1H3,(H,27,30). The third kappa shape index (κ3) is 4.20. The molecule has 1 amide bonds. The van der Waals surface area contributed by atoms with Gasteiger partial charge < -0.3 is 10.1 Å². The van der Waals surface area contributed by atoms with Crippen LogP contribution in [0.4, 0.5) is 5.82 Å². The molecule has 0 bridgehead atoms. The summed E-state index contributed by atoms with van der Waals surface area (Å²) in [6, 6.07) is 26.2. The molecule has 0 radical (unpaired) electrons. The molecule has 0 fully saturated rings. The number of nitrogens with zero attached hydrogens (tertiary/aromatic N) is 2. The number of sulfone groups is 1. The van der Waals surface area contributed by atoms with Gasteiger partial charge in [0.25, 0.3) is 0 Å². The maximum atomic E-state index is 13.7. The number of hydrogen-bond donors (Lipinski definition) is 1. The van der Waals surface area contributed by atoms with Crippen molar-refractivity contribution in [2.45, 2.75) is 17.4 Å². The fourth-order valence-electron chi connectivity index (χ4n) is 4.26. The van der Waals surface area contributed by atoms with Gasteiger partial charge in [-0.05, 0) is 35.4 Å². The molecular formula is C26H23N3O4S. The second-order valence-electron chi connectivity index (χ2n) is 8.16. The molecular weight excluding hydrogens is 450 g/mol. The smallest absolute Gasteiger partial charge is 0.237 e. The van der Waals surface area contributed by atoms with Crippen molar-refractivity contribution in [1.29, 1.82) is 0 Å². The molecule has 7 nitrogen and oxygen atoms in total. The van der Waals surface area contributed by atoms with Crippen LogP contribution in [0.1, 0.15) is 28.3 Å². The minimum atomic E-state index is -3.30. The number of amides is 1. The molecule has 4 aromatic rings. The molecule has 3 aromatic carbocycles. The van der Waals surface area contributed by atoms with E-state index in [4.69, 9.17) is 4.74 Å². The fraction of sp³-hybridized carbons (Fsp3) is 0.154. The Bertz CT molecular complexity index is 1390. The number of aromatic nitrogens is 2. The molecule has 172 valence electrons. The second kappa shape index (κ2) is 8.79. The predicted molar refractivity (Wildman–Crippen MR) is 130 cm³/mol. The number of fused-ring (bicyclic) bond motifs is 1. The normalized spacial score (nSPS) is 14.1. The van der Waals surface area contributed by atoms with Crippen LogP contribution in [0, 0.1) is 0 Å². The molecule has 0 aliphatic carbocycles. The Hall–Kier alpha value is -3.91. The first-order chi connectivity index (χ1) is 16.4. The Morgan fingerprint density at radius 1 is 0.912 bits per heavy atom. The van der Waals surface area contributed by atoms with E-state index < -0.39 is 15.8 Å². The predicted octanol–water partition coefficient (Wildman–Crippen LogP) is 4.08. The fourth-order valence-corrected chi connectivity index (χ4v) is 5.75. The summed E-state index contributed by atoms with van der Waals surface area (Å²) >= 11 is 0. The van der Waals surface area contributed by atoms with E-state index in [1.807, 2.05) is 72.8 Å². The van der Waals surface area contributed by atoms with E-state index in [1.165, 1.54) is 0 Å². The Kier molecular flexibility index (Phi) is 5.67. The summed E-state index contributed by atoms with van der Waals surface area (Å²) in [5, 5.41) is 7.57. The molecule has 0 saturated heterocycles. The minimum absolute atomic E-state index is 0.144. The van der Waals surface area contributed by atoms with Gasteiger partial charge in [0.1, 0.15) is 11.6 Å². The van der Waals surface area contributed by atoms with Crippen LogP contribution in [-0.4, -0.2) is 31.2 Å². The number of carbonyl (C=O) groups excluding carboxylic acids is 1. The van der Waals surface area contributed by atoms with Crippen molar-refractivity contribution in [3.05, 3.63) is 107 Å². The van der Waals surface area contributed by atoms with Gasteiger partial charge in [-0.25, -0.2) is 13.1 Å². The van der Waals surface area contributed by atoms with E-state index in [2.05, 4.69) is 10.4 Å². The first kappa shape index (κ1) is 21.9. The van der Waals surface area contributed by atoms with Crippen molar-refractivity contribution in [3.63, 3.8) is 0 Å². The lowest BCUT2D eigenvalue weighted by atomic mass is 9.90. The van der Waals surface area contributed by atoms with Crippen molar-refractivity contribution in [1.82, 2.24) is 9.78 Å². The maximum absolute atomic E-state index is 13.7. The van der Waals surface area contributed by atoms with Crippen molar-refractivity contribution < 1.29 is 17.9 Å². The van der Waals surface area contributed by atoms with E-state index in [1.54, 1.807) is 23.9 Å². The summed E-state index contributed by atoms with van der Waals surface area (Å²) < 4.78 is 31.5. The SMILES string of the molecule is COc1ccc(-n2nc3c(c2NC(=O)C(c2ccccc2)c2ccccc2)CS(=O)(=O)C3)cc1. The Balaban J connectivity index is 1.58. The van der Waals surface area contributed by atoms with Crippen LogP contribution in [0.5, 0.6) is 5.75 Å². The molecule has 0 unspecified atom stereocenters. The van der Waals surface area contributed by atoms with Crippen molar-refractivity contribution >= 4 is 21.6 Å². The molecule has 1 aromatic heterocycles. The lowest BCUT2D eigenvalue weighted by Crippen LogP contribution is -2.24. The monoisotopic (exact) mass is 473 g/mol. The van der Waals surface area contributed by atoms with Crippen molar-refractivity contribution in [2.24, 2.45) is 0 Å². The van der Waals surface area contributed by atoms with Gasteiger partial charge in [-0.1, -0.05) is 60.7 Å². The van der Waals surface area contributed by atoms with Crippen LogP contribution >= 0.6 is 0 Å². The number of anilines is 1. The average molecular weight is 474 g/mol. The number of benzene rings is 3. The van der Waals surface area contributed by atoms with E-state index in [-0.39, 0.29) is 17.4 Å². The molecule has 1 aliphatic rings. The molecule has 0 saturated carbocycles. The van der Waals surface area contributed by atoms with Crippen LogP contribution in [0.3, 0.4) is 0 Å². The number of nitrogens with one attached hydrogen (secondary N) is 1. The van der Waals surface area contributed by atoms with Gasteiger partial charge >= 0.3 is 0 Å². The van der Waals surface area contributed by atoms with Gasteiger partial charge in [0.05, 0.1) is 35.9 Å². The van der Waals surface area contributed by atoms with E-state index >= 15 is 0 Å². The van der Waals surface area contributed by atoms with Crippen LogP contribution < -0.4 is 10.1 Å². The summed E-state index contributed by atoms with van der Waals surface area (Å²) in [6.45, 7) is 0. The maximum Gasteiger partial charge on any atom is 0.237 e. The number of methoxy groups -OCH3 is 1. The highest BCUT2D eigenvalue weighted by atomic mass is 32.2. The highest BCUT2D eigenvalue weighted by Gasteiger charge is 2.34. The Labute approximate surface area is 197 Å². The topological polar surface area (TPSA) is 90.3 Å². The minimum Gasteiger partial charge on any atom is -0.497 e. The van der Waals surface area contributed by atoms with E-state index in [9.17, 15) is 13.2 Å². The highest BCUT2D eigenvalue weighted by molar-refractivity contribution is 7.90. The van der Waals surface area contributed by atoms with Crippen LogP contribution in [0.2, 0.25) is 0 Å². The lowest BCUT2D eigenvalue weighted by molar-refractivity contribution is -0.116. The Morgan fingerprint density at radius 3 is 2.06 bits per heavy atom. The molecule has 5 rings (SSSR count). The quantitative estimate of drug-likeness (QED) is 0.456. The number of hydrogen-bond acceptors (Lipinski definition) is 5. The molecule has 1 N–H and O–H groups in total. The molecule has 8 heteroatoms. The summed E-state index contributed by atoms with van der Waals surface area (Å²) in [5.74, 6) is -0.0766. The van der Waals surface area contributed by atoms with Gasteiger partial charge in [0.2, 0.25) is 5.91 Å². The first-order valence-corrected chi connectivity index (χ1v) is 12.6. The summed E-state index contributed by atoms with van der Waals surface area (Å²) in [5.41, 5.74) is 3.36. The van der Waals surface area contributed by atoms with Crippen LogP contribution in [-0.2, 0) is 26.1 Å². The zero-order chi connectivity index (χ0) is 23.7. The number of carbonyl (C=O) groups is 1. The molecule has 1 aliphatic heterocycles. The van der Waals surface area contributed by atoms with Crippen molar-refractivity contribution in [2.75, 3.05) is 12.4 Å². The van der Waals surface area contributed by atoms with Gasteiger partial charge in [0.15, 0.2) is 9.84 Å². The zero-order valence-electron chi connectivity index (χ0n) is 18.5. The third-order valence-electron chi connectivity index (χ3n) is 5.87. The van der Waals surface area contributed by atoms with Gasteiger partial charge in [0, 0.05) is 5.56 Å². The van der Waals surface area contributed by atoms with Gasteiger partial charge in [-0.2, -0.15) is 5.10 Å². The summed E-state index contributed by atoms with van der Waals surface area (Å²) in [7, 11) is -1.72. The van der Waals surface area contributed by atoms with Gasteiger partial charge in [-0.3, -0.25) is 4.79 Å². The number of ether oxygens (including phenoxy) is 1. The van der Waals surface area contributed by atoms with Crippen LogP contribution in [0.25, 0.3) is 5.69 Å².